The van der Waals surface area contributed by atoms with Gasteiger partial charge in [0.25, 0.3) is 0 Å². The number of fused-ring (bicyclic) bond motifs is 3. The van der Waals surface area contributed by atoms with Crippen molar-refractivity contribution in [1.82, 2.24) is 24.5 Å². The summed E-state index contributed by atoms with van der Waals surface area (Å²) in [5, 5.41) is 4.41. The zero-order valence-electron chi connectivity index (χ0n) is 23.6. The van der Waals surface area contributed by atoms with Crippen LogP contribution < -0.4 is 5.73 Å². The number of rotatable bonds is 4. The second-order valence-corrected chi connectivity index (χ2v) is 14.0. The molecule has 0 radical (unpaired) electrons. The second-order valence-electron chi connectivity index (χ2n) is 12.0. The molecule has 0 spiro atoms. The van der Waals surface area contributed by atoms with Gasteiger partial charge in [0, 0.05) is 47.1 Å². The van der Waals surface area contributed by atoms with E-state index in [2.05, 4.69) is 10.1 Å². The Labute approximate surface area is 239 Å². The van der Waals surface area contributed by atoms with Crippen LogP contribution in [-0.2, 0) is 14.6 Å². The molecule has 3 aromatic heterocycles. The van der Waals surface area contributed by atoms with Crippen LogP contribution in [0.2, 0.25) is 0 Å². The Hall–Kier alpha value is -3.99. The average Bonchev–Trinajstić information content (AvgIpc) is 3.46. The number of pyridine rings is 1. The fraction of sp³-hybridized carbons (Fsp3) is 0.400. The molecule has 11 heteroatoms. The van der Waals surface area contributed by atoms with Crippen LogP contribution in [0.1, 0.15) is 58.1 Å². The molecule has 1 aromatic carbocycles. The molecule has 2 fully saturated rings. The van der Waals surface area contributed by atoms with Crippen LogP contribution in [0, 0.1) is 0 Å². The maximum Gasteiger partial charge on any atom is 0.410 e. The standard InChI is InChI=1S/C30H34N6O4S/c1-30(2,3)40-29(37)35-21-11-12-22(35)15-20(14-21)25-26(41(4,38)39)27(31)36-28(34-25)23(17-33-36)19-10-13-24(32-16-19)18-8-6-5-7-9-18/h5-10,13,16-17,20-22H,11-12,14-15,31H2,1-4H3/t20?,21-,22+. The van der Waals surface area contributed by atoms with E-state index in [0.29, 0.717) is 29.7 Å². The summed E-state index contributed by atoms with van der Waals surface area (Å²) in [6.45, 7) is 5.56. The molecule has 5 heterocycles. The number of nitrogen functional groups attached to an aromatic ring is 1. The summed E-state index contributed by atoms with van der Waals surface area (Å²) in [6.07, 6.45) is 7.07. The fourth-order valence-corrected chi connectivity index (χ4v) is 7.28. The fourth-order valence-electron chi connectivity index (χ4n) is 6.22. The average molecular weight is 575 g/mol. The third-order valence-corrected chi connectivity index (χ3v) is 9.06. The van der Waals surface area contributed by atoms with Gasteiger partial charge in [-0.25, -0.2) is 18.2 Å². The zero-order chi connectivity index (χ0) is 29.1. The molecule has 2 aliphatic rings. The Bertz CT molecular complexity index is 1710. The Morgan fingerprint density at radius 2 is 1.68 bits per heavy atom. The number of benzene rings is 1. The zero-order valence-corrected chi connectivity index (χ0v) is 24.4. The van der Waals surface area contributed by atoms with Gasteiger partial charge < -0.3 is 15.4 Å². The number of nitrogens with zero attached hydrogens (tertiary/aromatic N) is 5. The molecule has 2 N–H and O–H groups in total. The molecule has 41 heavy (non-hydrogen) atoms. The Morgan fingerprint density at radius 3 is 2.27 bits per heavy atom. The lowest BCUT2D eigenvalue weighted by Gasteiger charge is -2.39. The van der Waals surface area contributed by atoms with E-state index in [1.54, 1.807) is 12.4 Å². The van der Waals surface area contributed by atoms with Gasteiger partial charge >= 0.3 is 6.09 Å². The number of ether oxygens (including phenoxy) is 1. The van der Waals surface area contributed by atoms with Crippen molar-refractivity contribution in [2.45, 2.75) is 75.0 Å². The molecule has 1 amide bonds. The summed E-state index contributed by atoms with van der Waals surface area (Å²) >= 11 is 0. The van der Waals surface area contributed by atoms with E-state index in [9.17, 15) is 13.2 Å². The molecular formula is C30H34N6O4S. The van der Waals surface area contributed by atoms with Gasteiger partial charge in [-0.3, -0.25) is 4.98 Å². The highest BCUT2D eigenvalue weighted by Gasteiger charge is 2.46. The minimum Gasteiger partial charge on any atom is -0.444 e. The van der Waals surface area contributed by atoms with Crippen molar-refractivity contribution in [3.05, 3.63) is 60.6 Å². The number of nitrogens with two attached hydrogens (primary N) is 1. The first kappa shape index (κ1) is 27.2. The largest absolute Gasteiger partial charge is 0.444 e. The van der Waals surface area contributed by atoms with Crippen molar-refractivity contribution in [1.29, 1.82) is 0 Å². The van der Waals surface area contributed by atoms with Gasteiger partial charge in [-0.15, -0.1) is 0 Å². The third kappa shape index (κ3) is 5.03. The van der Waals surface area contributed by atoms with Crippen molar-refractivity contribution in [3.63, 3.8) is 0 Å². The van der Waals surface area contributed by atoms with Gasteiger partial charge in [-0.2, -0.15) is 9.61 Å². The van der Waals surface area contributed by atoms with E-state index >= 15 is 0 Å². The molecular weight excluding hydrogens is 540 g/mol. The molecule has 0 aliphatic carbocycles. The first-order chi connectivity index (χ1) is 19.4. The number of carbonyl (C=O) groups excluding carboxylic acids is 1. The van der Waals surface area contributed by atoms with E-state index in [1.165, 1.54) is 4.52 Å². The molecule has 2 aliphatic heterocycles. The quantitative estimate of drug-likeness (QED) is 0.356. The van der Waals surface area contributed by atoms with Crippen LogP contribution >= 0.6 is 0 Å². The van der Waals surface area contributed by atoms with Gasteiger partial charge in [-0.1, -0.05) is 36.4 Å². The third-order valence-electron chi connectivity index (χ3n) is 7.90. The van der Waals surface area contributed by atoms with E-state index in [4.69, 9.17) is 15.5 Å². The highest BCUT2D eigenvalue weighted by atomic mass is 32.2. The maximum absolute atomic E-state index is 13.1. The summed E-state index contributed by atoms with van der Waals surface area (Å²) in [5.41, 5.74) is 10.2. The lowest BCUT2D eigenvalue weighted by molar-refractivity contribution is 0.00559. The maximum atomic E-state index is 13.1. The number of carbonyl (C=O) groups is 1. The predicted molar refractivity (Wildman–Crippen MR) is 156 cm³/mol. The normalized spacial score (nSPS) is 20.9. The summed E-state index contributed by atoms with van der Waals surface area (Å²) in [5.74, 6) is -0.154. The smallest absolute Gasteiger partial charge is 0.410 e. The van der Waals surface area contributed by atoms with Crippen molar-refractivity contribution in [2.75, 3.05) is 12.0 Å². The highest BCUT2D eigenvalue weighted by Crippen LogP contribution is 2.45. The van der Waals surface area contributed by atoms with E-state index in [0.717, 1.165) is 35.9 Å². The number of sulfone groups is 1. The SMILES string of the molecule is CC(C)(C)OC(=O)N1[C@@H]2CC[C@H]1CC(c1nc3c(-c4ccc(-c5ccccc5)nc4)cnn3c(N)c1S(C)(=O)=O)C2. The minimum absolute atomic E-state index is 0.00678. The number of piperidine rings is 1. The molecule has 0 saturated carbocycles. The van der Waals surface area contributed by atoms with E-state index < -0.39 is 15.4 Å². The topological polar surface area (TPSA) is 133 Å². The van der Waals surface area contributed by atoms with Crippen molar-refractivity contribution in [3.8, 4) is 22.4 Å². The molecule has 2 bridgehead atoms. The van der Waals surface area contributed by atoms with Crippen molar-refractivity contribution < 1.29 is 17.9 Å². The van der Waals surface area contributed by atoms with Crippen LogP contribution in [0.4, 0.5) is 10.6 Å². The van der Waals surface area contributed by atoms with Crippen LogP contribution in [0.25, 0.3) is 28.0 Å². The van der Waals surface area contributed by atoms with Crippen molar-refractivity contribution >= 4 is 27.4 Å². The summed E-state index contributed by atoms with van der Waals surface area (Å²) < 4.78 is 33.2. The summed E-state index contributed by atoms with van der Waals surface area (Å²) in [7, 11) is -3.73. The molecule has 3 atom stereocenters. The molecule has 1 unspecified atom stereocenters. The first-order valence-electron chi connectivity index (χ1n) is 13.8. The van der Waals surface area contributed by atoms with Crippen molar-refractivity contribution in [2.24, 2.45) is 0 Å². The predicted octanol–water partition coefficient (Wildman–Crippen LogP) is 5.09. The molecule has 214 valence electrons. The van der Waals surface area contributed by atoms with Gasteiger partial charge in [-0.05, 0) is 52.5 Å². The summed E-state index contributed by atoms with van der Waals surface area (Å²) in [6, 6.07) is 13.7. The van der Waals surface area contributed by atoms with Crippen LogP contribution in [0.15, 0.2) is 59.8 Å². The molecule has 6 rings (SSSR count). The van der Waals surface area contributed by atoms with Gasteiger partial charge in [0.1, 0.15) is 16.3 Å². The Balaban J connectivity index is 1.39. The lowest BCUT2D eigenvalue weighted by atomic mass is 9.88. The number of amides is 1. The number of anilines is 1. The number of aromatic nitrogens is 4. The van der Waals surface area contributed by atoms with Gasteiger partial charge in [0.05, 0.1) is 17.6 Å². The van der Waals surface area contributed by atoms with Crippen LogP contribution in [0.5, 0.6) is 0 Å². The van der Waals surface area contributed by atoms with E-state index in [-0.39, 0.29) is 34.8 Å². The van der Waals surface area contributed by atoms with Crippen LogP contribution in [-0.4, -0.2) is 62.9 Å². The molecule has 2 saturated heterocycles. The van der Waals surface area contributed by atoms with Gasteiger partial charge in [0.15, 0.2) is 15.5 Å². The molecule has 4 aromatic rings. The second kappa shape index (κ2) is 9.83. The van der Waals surface area contributed by atoms with Crippen LogP contribution in [0.3, 0.4) is 0 Å². The monoisotopic (exact) mass is 574 g/mol. The number of hydrogen-bond acceptors (Lipinski definition) is 8. The molecule has 10 nitrogen and oxygen atoms in total. The minimum atomic E-state index is -3.73. The highest BCUT2D eigenvalue weighted by molar-refractivity contribution is 7.91. The Kier molecular flexibility index (Phi) is 6.52. The lowest BCUT2D eigenvalue weighted by Crippen LogP contribution is -2.48. The van der Waals surface area contributed by atoms with E-state index in [1.807, 2.05) is 68.1 Å². The number of hydrogen-bond donors (Lipinski definition) is 1. The van der Waals surface area contributed by atoms with Gasteiger partial charge in [0.2, 0.25) is 0 Å². The summed E-state index contributed by atoms with van der Waals surface area (Å²) in [4.78, 5) is 24.4. The Morgan fingerprint density at radius 1 is 1.00 bits per heavy atom. The first-order valence-corrected chi connectivity index (χ1v) is 15.7.